The van der Waals surface area contributed by atoms with Gasteiger partial charge in [0.05, 0.1) is 31.1 Å². The van der Waals surface area contributed by atoms with Gasteiger partial charge in [0.2, 0.25) is 0 Å². The summed E-state index contributed by atoms with van der Waals surface area (Å²) >= 11 is 0. The fourth-order valence-corrected chi connectivity index (χ4v) is 3.59. The average Bonchev–Trinajstić information content (AvgIpc) is 2.72. The molecule has 2 N–H and O–H groups in total. The summed E-state index contributed by atoms with van der Waals surface area (Å²) in [6.07, 6.45) is 0. The molecule has 8 heteroatoms. The molecule has 0 spiro atoms. The molecule has 2 unspecified atom stereocenters. The lowest BCUT2D eigenvalue weighted by Gasteiger charge is -2.20. The topological polar surface area (TPSA) is 72.0 Å². The highest BCUT2D eigenvalue weighted by Gasteiger charge is 2.14. The Kier molecular flexibility index (Phi) is 10.9. The number of guanidine groups is 1. The van der Waals surface area contributed by atoms with E-state index in [1.54, 1.807) is 21.3 Å². The lowest BCUT2D eigenvalue weighted by molar-refractivity contribution is 0.394. The van der Waals surface area contributed by atoms with Crippen LogP contribution in [-0.4, -0.2) is 43.7 Å². The van der Waals surface area contributed by atoms with Gasteiger partial charge in [-0.25, -0.2) is 0 Å². The van der Waals surface area contributed by atoms with Gasteiger partial charge in [-0.1, -0.05) is 18.2 Å². The zero-order valence-electron chi connectivity index (χ0n) is 16.6. The quantitative estimate of drug-likeness (QED) is 0.319. The van der Waals surface area contributed by atoms with E-state index in [-0.39, 0.29) is 30.0 Å². The van der Waals surface area contributed by atoms with Gasteiger partial charge in [-0.3, -0.25) is 9.20 Å². The molecule has 0 aromatic heterocycles. The average molecular weight is 517 g/mol. The summed E-state index contributed by atoms with van der Waals surface area (Å²) in [5.74, 6) is 2.68. The summed E-state index contributed by atoms with van der Waals surface area (Å²) in [6.45, 7) is 2.56. The maximum absolute atomic E-state index is 12.3. The van der Waals surface area contributed by atoms with Crippen LogP contribution in [0, 0.1) is 0 Å². The minimum atomic E-state index is -1.04. The van der Waals surface area contributed by atoms with Gasteiger partial charge in [-0.05, 0) is 37.3 Å². The number of rotatable bonds is 8. The van der Waals surface area contributed by atoms with E-state index in [9.17, 15) is 4.21 Å². The summed E-state index contributed by atoms with van der Waals surface area (Å²) in [5.41, 5.74) is 0.965. The fraction of sp³-hybridized carbons (Fsp3) is 0.350. The first kappa shape index (κ1) is 24.2. The van der Waals surface area contributed by atoms with Crippen molar-refractivity contribution in [1.82, 2.24) is 10.6 Å². The smallest absolute Gasteiger partial charge is 0.191 e. The van der Waals surface area contributed by atoms with Crippen molar-refractivity contribution in [3.05, 3.63) is 54.1 Å². The van der Waals surface area contributed by atoms with E-state index in [0.717, 1.165) is 22.0 Å². The van der Waals surface area contributed by atoms with E-state index in [2.05, 4.69) is 15.6 Å². The first-order valence-electron chi connectivity index (χ1n) is 8.71. The molecule has 154 valence electrons. The molecule has 6 nitrogen and oxygen atoms in total. The number of aliphatic imine (C=N–C) groups is 1. The second kappa shape index (κ2) is 12.6. The lowest BCUT2D eigenvalue weighted by Crippen LogP contribution is -2.40. The van der Waals surface area contributed by atoms with Gasteiger partial charge in [0, 0.05) is 29.8 Å². The van der Waals surface area contributed by atoms with Crippen LogP contribution in [0.15, 0.2) is 58.4 Å². The van der Waals surface area contributed by atoms with Crippen LogP contribution in [-0.2, 0) is 10.8 Å². The largest absolute Gasteiger partial charge is 0.497 e. The van der Waals surface area contributed by atoms with Crippen molar-refractivity contribution in [2.24, 2.45) is 4.99 Å². The van der Waals surface area contributed by atoms with Crippen molar-refractivity contribution < 1.29 is 13.7 Å². The first-order valence-corrected chi connectivity index (χ1v) is 10.0. The molecule has 2 atom stereocenters. The molecular weight excluding hydrogens is 489 g/mol. The van der Waals surface area contributed by atoms with Gasteiger partial charge in [0.25, 0.3) is 0 Å². The molecule has 0 heterocycles. The van der Waals surface area contributed by atoms with Crippen molar-refractivity contribution in [1.29, 1.82) is 0 Å². The second-order valence-corrected chi connectivity index (χ2v) is 7.41. The van der Waals surface area contributed by atoms with Gasteiger partial charge in [0.15, 0.2) is 5.96 Å². The Morgan fingerprint density at radius 3 is 2.46 bits per heavy atom. The van der Waals surface area contributed by atoms with Crippen LogP contribution in [0.4, 0.5) is 0 Å². The Morgan fingerprint density at radius 2 is 1.86 bits per heavy atom. The Balaban J connectivity index is 0.00000392. The zero-order chi connectivity index (χ0) is 19.6. The van der Waals surface area contributed by atoms with E-state index in [1.807, 2.05) is 55.5 Å². The Hall–Kier alpha value is -1.81. The van der Waals surface area contributed by atoms with Gasteiger partial charge in [0.1, 0.15) is 11.5 Å². The molecule has 0 amide bonds. The summed E-state index contributed by atoms with van der Waals surface area (Å²) < 4.78 is 23.0. The standard InChI is InChI=1S/C20H27N3O3S.HI/c1-15(18-14-16(25-3)10-11-19(18)26-4)23-20(21-2)22-12-13-27(24)17-8-6-5-7-9-17;/h5-11,14-15H,12-13H2,1-4H3,(H2,21,22,23);1H. The summed E-state index contributed by atoms with van der Waals surface area (Å²) in [7, 11) is 3.94. The highest BCUT2D eigenvalue weighted by molar-refractivity contribution is 14.0. The predicted octanol–water partition coefficient (Wildman–Crippen LogP) is 3.36. The van der Waals surface area contributed by atoms with Crippen molar-refractivity contribution >= 4 is 40.7 Å². The van der Waals surface area contributed by atoms with Gasteiger partial charge in [-0.2, -0.15) is 0 Å². The van der Waals surface area contributed by atoms with Crippen LogP contribution < -0.4 is 20.1 Å². The number of hydrogen-bond acceptors (Lipinski definition) is 4. The van der Waals surface area contributed by atoms with Gasteiger partial charge in [-0.15, -0.1) is 24.0 Å². The molecule has 2 aromatic carbocycles. The Morgan fingerprint density at radius 1 is 1.14 bits per heavy atom. The summed E-state index contributed by atoms with van der Waals surface area (Å²) in [5, 5.41) is 6.54. The van der Waals surface area contributed by atoms with Crippen molar-refractivity contribution in [3.8, 4) is 11.5 Å². The summed E-state index contributed by atoms with van der Waals surface area (Å²) in [4.78, 5) is 5.07. The maximum Gasteiger partial charge on any atom is 0.191 e. The van der Waals surface area contributed by atoms with Gasteiger partial charge >= 0.3 is 0 Å². The molecule has 0 saturated heterocycles. The summed E-state index contributed by atoms with van der Waals surface area (Å²) in [6, 6.07) is 15.1. The highest BCUT2D eigenvalue weighted by atomic mass is 127. The van der Waals surface area contributed by atoms with Crippen molar-refractivity contribution in [2.45, 2.75) is 17.9 Å². The van der Waals surface area contributed by atoms with Crippen LogP contribution in [0.25, 0.3) is 0 Å². The zero-order valence-corrected chi connectivity index (χ0v) is 19.7. The third kappa shape index (κ3) is 6.97. The minimum Gasteiger partial charge on any atom is -0.497 e. The van der Waals surface area contributed by atoms with Crippen LogP contribution in [0.1, 0.15) is 18.5 Å². The van der Waals surface area contributed by atoms with Crippen LogP contribution in [0.3, 0.4) is 0 Å². The number of nitrogens with one attached hydrogen (secondary N) is 2. The molecule has 0 bridgehead atoms. The normalized spacial score (nSPS) is 13.1. The molecule has 2 aromatic rings. The van der Waals surface area contributed by atoms with Crippen molar-refractivity contribution in [2.75, 3.05) is 33.6 Å². The van der Waals surface area contributed by atoms with Gasteiger partial charge < -0.3 is 20.1 Å². The van der Waals surface area contributed by atoms with E-state index in [1.165, 1.54) is 0 Å². The minimum absolute atomic E-state index is 0. The number of hydrogen-bond donors (Lipinski definition) is 2. The fourth-order valence-electron chi connectivity index (χ4n) is 2.61. The number of nitrogens with zero attached hydrogens (tertiary/aromatic N) is 1. The lowest BCUT2D eigenvalue weighted by atomic mass is 10.1. The van der Waals surface area contributed by atoms with E-state index >= 15 is 0 Å². The molecule has 0 aliphatic heterocycles. The molecule has 0 fully saturated rings. The van der Waals surface area contributed by atoms with Crippen LogP contribution in [0.5, 0.6) is 11.5 Å². The SMILES string of the molecule is CN=C(NCCS(=O)c1ccccc1)NC(C)c1cc(OC)ccc1OC.I. The maximum atomic E-state index is 12.3. The molecule has 0 radical (unpaired) electrons. The second-order valence-electron chi connectivity index (χ2n) is 5.84. The van der Waals surface area contributed by atoms with E-state index in [4.69, 9.17) is 9.47 Å². The molecule has 0 saturated carbocycles. The predicted molar refractivity (Wildman–Crippen MR) is 126 cm³/mol. The molecule has 0 aliphatic rings. The number of benzene rings is 2. The number of halogens is 1. The monoisotopic (exact) mass is 517 g/mol. The Labute approximate surface area is 186 Å². The number of ether oxygens (including phenoxy) is 2. The molecular formula is C20H28IN3O3S. The third-order valence-corrected chi connectivity index (χ3v) is 5.44. The van der Waals surface area contributed by atoms with Crippen molar-refractivity contribution in [3.63, 3.8) is 0 Å². The number of methoxy groups -OCH3 is 2. The first-order chi connectivity index (χ1) is 13.1. The van der Waals surface area contributed by atoms with E-state index < -0.39 is 10.8 Å². The van der Waals surface area contributed by atoms with Crippen LogP contribution in [0.2, 0.25) is 0 Å². The third-order valence-electron chi connectivity index (χ3n) is 4.07. The highest BCUT2D eigenvalue weighted by Crippen LogP contribution is 2.29. The Bertz CT molecular complexity index is 788. The van der Waals surface area contributed by atoms with E-state index in [0.29, 0.717) is 18.3 Å². The van der Waals surface area contributed by atoms with Crippen LogP contribution >= 0.6 is 24.0 Å². The molecule has 28 heavy (non-hydrogen) atoms. The molecule has 0 aliphatic carbocycles. The molecule has 2 rings (SSSR count).